The van der Waals surface area contributed by atoms with E-state index < -0.39 is 11.3 Å². The Labute approximate surface area is 128 Å². The number of carbonyl (C=O) groups excluding carboxylic acids is 1. The summed E-state index contributed by atoms with van der Waals surface area (Å²) in [6.45, 7) is 7.35. The molecule has 0 radical (unpaired) electrons. The van der Waals surface area contributed by atoms with E-state index in [1.54, 1.807) is 33.8 Å². The SMILES string of the molecule is Cc1cc2c(cc1F)nc(C(C)Cl)n2CC(C)(C)C(N)=O. The van der Waals surface area contributed by atoms with Gasteiger partial charge in [0.1, 0.15) is 11.6 Å². The molecule has 0 bridgehead atoms. The van der Waals surface area contributed by atoms with Gasteiger partial charge in [-0.3, -0.25) is 4.79 Å². The maximum absolute atomic E-state index is 13.7. The number of aryl methyl sites for hydroxylation is 1. The molecular formula is C15H19ClFN3O. The summed E-state index contributed by atoms with van der Waals surface area (Å²) in [6.07, 6.45) is 0. The lowest BCUT2D eigenvalue weighted by atomic mass is 9.92. The minimum atomic E-state index is -0.754. The average molecular weight is 312 g/mol. The maximum atomic E-state index is 13.7. The Morgan fingerprint density at radius 2 is 2.14 bits per heavy atom. The first-order valence-corrected chi connectivity index (χ1v) is 7.17. The van der Waals surface area contributed by atoms with Gasteiger partial charge in [-0.1, -0.05) is 0 Å². The van der Waals surface area contributed by atoms with Crippen LogP contribution in [0, 0.1) is 18.2 Å². The average Bonchev–Trinajstić information content (AvgIpc) is 2.68. The highest BCUT2D eigenvalue weighted by molar-refractivity contribution is 6.20. The van der Waals surface area contributed by atoms with Gasteiger partial charge in [-0.05, 0) is 39.3 Å². The highest BCUT2D eigenvalue weighted by atomic mass is 35.5. The number of nitrogens with zero attached hydrogens (tertiary/aromatic N) is 2. The van der Waals surface area contributed by atoms with E-state index in [1.165, 1.54) is 6.07 Å². The molecule has 0 saturated carbocycles. The van der Waals surface area contributed by atoms with Crippen LogP contribution in [0.25, 0.3) is 11.0 Å². The van der Waals surface area contributed by atoms with Gasteiger partial charge in [-0.25, -0.2) is 9.37 Å². The molecule has 114 valence electrons. The number of rotatable bonds is 4. The molecule has 0 aliphatic heterocycles. The summed E-state index contributed by atoms with van der Waals surface area (Å²) in [5.74, 6) is -0.113. The molecule has 0 aliphatic carbocycles. The Bertz CT molecular complexity index is 706. The van der Waals surface area contributed by atoms with Crippen molar-refractivity contribution in [3.8, 4) is 0 Å². The number of hydrogen-bond donors (Lipinski definition) is 1. The molecule has 21 heavy (non-hydrogen) atoms. The van der Waals surface area contributed by atoms with Crippen molar-refractivity contribution in [2.45, 2.75) is 39.6 Å². The van der Waals surface area contributed by atoms with Gasteiger partial charge in [0.15, 0.2) is 0 Å². The van der Waals surface area contributed by atoms with Crippen molar-refractivity contribution in [2.75, 3.05) is 0 Å². The fraction of sp³-hybridized carbons (Fsp3) is 0.467. The Kier molecular flexibility index (Phi) is 3.97. The van der Waals surface area contributed by atoms with Crippen LogP contribution in [0.2, 0.25) is 0 Å². The largest absolute Gasteiger partial charge is 0.369 e. The number of carbonyl (C=O) groups is 1. The number of imidazole rings is 1. The second-order valence-corrected chi connectivity index (χ2v) is 6.67. The fourth-order valence-corrected chi connectivity index (χ4v) is 2.38. The summed E-state index contributed by atoms with van der Waals surface area (Å²) in [4.78, 5) is 16.0. The maximum Gasteiger partial charge on any atom is 0.224 e. The minimum absolute atomic E-state index is 0.310. The molecule has 4 nitrogen and oxygen atoms in total. The van der Waals surface area contributed by atoms with Gasteiger partial charge < -0.3 is 10.3 Å². The molecule has 1 amide bonds. The van der Waals surface area contributed by atoms with E-state index in [1.807, 2.05) is 4.57 Å². The molecule has 1 unspecified atom stereocenters. The van der Waals surface area contributed by atoms with E-state index in [4.69, 9.17) is 17.3 Å². The molecule has 0 spiro atoms. The number of nitrogens with two attached hydrogens (primary N) is 1. The third-order valence-electron chi connectivity index (χ3n) is 3.63. The third kappa shape index (κ3) is 2.88. The lowest BCUT2D eigenvalue weighted by Crippen LogP contribution is -2.35. The Balaban J connectivity index is 2.67. The summed E-state index contributed by atoms with van der Waals surface area (Å²) >= 11 is 6.17. The van der Waals surface area contributed by atoms with Crippen molar-refractivity contribution in [3.05, 3.63) is 29.3 Å². The van der Waals surface area contributed by atoms with Crippen molar-refractivity contribution in [1.82, 2.24) is 9.55 Å². The first kappa shape index (κ1) is 15.8. The van der Waals surface area contributed by atoms with E-state index >= 15 is 0 Å². The van der Waals surface area contributed by atoms with Crippen LogP contribution in [0.15, 0.2) is 12.1 Å². The van der Waals surface area contributed by atoms with Crippen LogP contribution in [0.3, 0.4) is 0 Å². The zero-order valence-electron chi connectivity index (χ0n) is 12.6. The van der Waals surface area contributed by atoms with E-state index in [-0.39, 0.29) is 11.2 Å². The molecule has 1 heterocycles. The molecule has 1 atom stereocenters. The van der Waals surface area contributed by atoms with Gasteiger partial charge in [0, 0.05) is 12.6 Å². The van der Waals surface area contributed by atoms with Gasteiger partial charge in [0.2, 0.25) is 5.91 Å². The van der Waals surface area contributed by atoms with Crippen molar-refractivity contribution < 1.29 is 9.18 Å². The number of aromatic nitrogens is 2. The number of fused-ring (bicyclic) bond motifs is 1. The summed E-state index contributed by atoms with van der Waals surface area (Å²) in [7, 11) is 0. The summed E-state index contributed by atoms with van der Waals surface area (Å²) in [6, 6.07) is 3.11. The van der Waals surface area contributed by atoms with Crippen LogP contribution in [-0.4, -0.2) is 15.5 Å². The zero-order chi connectivity index (χ0) is 15.9. The normalized spacial score (nSPS) is 13.6. The summed E-state index contributed by atoms with van der Waals surface area (Å²) in [5, 5.41) is -0.357. The molecular weight excluding hydrogens is 293 g/mol. The number of amides is 1. The molecule has 1 aromatic carbocycles. The van der Waals surface area contributed by atoms with Gasteiger partial charge in [-0.2, -0.15) is 0 Å². The van der Waals surface area contributed by atoms with E-state index in [9.17, 15) is 9.18 Å². The monoisotopic (exact) mass is 311 g/mol. The van der Waals surface area contributed by atoms with E-state index in [2.05, 4.69) is 4.98 Å². The number of benzene rings is 1. The molecule has 0 fully saturated rings. The molecule has 6 heteroatoms. The lowest BCUT2D eigenvalue weighted by Gasteiger charge is -2.23. The van der Waals surface area contributed by atoms with Gasteiger partial charge in [-0.15, -0.1) is 11.6 Å². The molecule has 0 saturated heterocycles. The van der Waals surface area contributed by atoms with Crippen molar-refractivity contribution in [2.24, 2.45) is 11.1 Å². The molecule has 2 aromatic rings. The van der Waals surface area contributed by atoms with Gasteiger partial charge in [0.05, 0.1) is 21.8 Å². The topological polar surface area (TPSA) is 60.9 Å². The van der Waals surface area contributed by atoms with Crippen LogP contribution in [0.4, 0.5) is 4.39 Å². The van der Waals surface area contributed by atoms with Crippen molar-refractivity contribution in [3.63, 3.8) is 0 Å². The molecule has 0 aliphatic rings. The highest BCUT2D eigenvalue weighted by Crippen LogP contribution is 2.29. The second kappa shape index (κ2) is 5.30. The van der Waals surface area contributed by atoms with E-state index in [0.29, 0.717) is 23.4 Å². The molecule has 2 rings (SSSR count). The van der Waals surface area contributed by atoms with Crippen molar-refractivity contribution in [1.29, 1.82) is 0 Å². The number of hydrogen-bond acceptors (Lipinski definition) is 2. The molecule has 1 aromatic heterocycles. The first-order valence-electron chi connectivity index (χ1n) is 6.73. The quantitative estimate of drug-likeness (QED) is 0.881. The number of alkyl halides is 1. The summed E-state index contributed by atoms with van der Waals surface area (Å²) in [5.41, 5.74) is 6.50. The zero-order valence-corrected chi connectivity index (χ0v) is 13.3. The smallest absolute Gasteiger partial charge is 0.224 e. The molecule has 2 N–H and O–H groups in total. The highest BCUT2D eigenvalue weighted by Gasteiger charge is 2.28. The van der Waals surface area contributed by atoms with Gasteiger partial charge >= 0.3 is 0 Å². The number of halogens is 2. The van der Waals surface area contributed by atoms with Crippen LogP contribution in [0.1, 0.15) is 37.5 Å². The van der Waals surface area contributed by atoms with Crippen LogP contribution in [0.5, 0.6) is 0 Å². The Hall–Kier alpha value is -1.62. The Morgan fingerprint density at radius 3 is 2.67 bits per heavy atom. The number of primary amides is 1. The first-order chi connectivity index (χ1) is 9.63. The predicted octanol–water partition coefficient (Wildman–Crippen LogP) is 3.30. The van der Waals surface area contributed by atoms with Crippen LogP contribution >= 0.6 is 11.6 Å². The Morgan fingerprint density at radius 1 is 1.52 bits per heavy atom. The van der Waals surface area contributed by atoms with Gasteiger partial charge in [0.25, 0.3) is 0 Å². The van der Waals surface area contributed by atoms with Crippen LogP contribution < -0.4 is 5.73 Å². The predicted molar refractivity (Wildman–Crippen MR) is 81.7 cm³/mol. The lowest BCUT2D eigenvalue weighted by molar-refractivity contribution is -0.126. The standard InChI is InChI=1S/C15H19ClFN3O/c1-8-5-12-11(6-10(8)17)19-13(9(2)16)20(12)7-15(3,4)14(18)21/h5-6,9H,7H2,1-4H3,(H2,18,21). The summed E-state index contributed by atoms with van der Waals surface area (Å²) < 4.78 is 15.6. The second-order valence-electron chi connectivity index (χ2n) is 6.01. The van der Waals surface area contributed by atoms with Crippen molar-refractivity contribution >= 4 is 28.5 Å². The van der Waals surface area contributed by atoms with E-state index in [0.717, 1.165) is 5.52 Å². The minimum Gasteiger partial charge on any atom is -0.369 e. The fourth-order valence-electron chi connectivity index (χ4n) is 2.21. The van der Waals surface area contributed by atoms with Crippen LogP contribution in [-0.2, 0) is 11.3 Å². The third-order valence-corrected chi connectivity index (χ3v) is 3.83.